The number of nitrogens with one attached hydrogen (secondary N) is 1. The number of aryl methyl sites for hydroxylation is 2. The van der Waals surface area contributed by atoms with Gasteiger partial charge in [-0.25, -0.2) is 8.42 Å². The first kappa shape index (κ1) is 28.4. The van der Waals surface area contributed by atoms with Gasteiger partial charge in [0.05, 0.1) is 11.9 Å². The molecule has 1 N–H and O–H groups in total. The maximum absolute atomic E-state index is 13.2. The van der Waals surface area contributed by atoms with Crippen molar-refractivity contribution in [3.63, 3.8) is 0 Å². The summed E-state index contributed by atoms with van der Waals surface area (Å²) in [5, 5.41) is 2.88. The Morgan fingerprint density at radius 2 is 1.60 bits per heavy atom. The molecule has 1 unspecified atom stereocenters. The van der Waals surface area contributed by atoms with Crippen molar-refractivity contribution in [2.24, 2.45) is 0 Å². The molecule has 0 aliphatic carbocycles. The van der Waals surface area contributed by atoms with Crippen molar-refractivity contribution in [3.8, 4) is 0 Å². The molecular formula is C27H39N3O4S. The van der Waals surface area contributed by atoms with Crippen molar-refractivity contribution in [1.82, 2.24) is 10.2 Å². The number of carbonyl (C=O) groups is 2. The monoisotopic (exact) mass is 501 g/mol. The van der Waals surface area contributed by atoms with Crippen LogP contribution < -0.4 is 9.62 Å². The molecule has 7 nitrogen and oxygen atoms in total. The van der Waals surface area contributed by atoms with Crippen molar-refractivity contribution in [2.75, 3.05) is 23.7 Å². The third-order valence-corrected chi connectivity index (χ3v) is 7.21. The topological polar surface area (TPSA) is 86.8 Å². The number of hydrogen-bond acceptors (Lipinski definition) is 4. The van der Waals surface area contributed by atoms with E-state index in [1.165, 1.54) is 10.6 Å². The summed E-state index contributed by atoms with van der Waals surface area (Å²) in [6, 6.07) is 14.7. The molecule has 0 aromatic heterocycles. The SMILES string of the molecule is Cc1ccc(N(CCCC(=O)N(CCc2ccccc2)C(C)C(=O)NC(C)C)S(C)(=O)=O)cc1C. The van der Waals surface area contributed by atoms with Crippen LogP contribution in [0.2, 0.25) is 0 Å². The average Bonchev–Trinajstić information content (AvgIpc) is 2.78. The molecule has 35 heavy (non-hydrogen) atoms. The summed E-state index contributed by atoms with van der Waals surface area (Å²) in [6.07, 6.45) is 2.29. The van der Waals surface area contributed by atoms with Crippen LogP contribution in [0.3, 0.4) is 0 Å². The van der Waals surface area contributed by atoms with Crippen molar-refractivity contribution < 1.29 is 18.0 Å². The summed E-state index contributed by atoms with van der Waals surface area (Å²) >= 11 is 0. The van der Waals surface area contributed by atoms with Crippen LogP contribution in [-0.4, -0.2) is 56.6 Å². The molecule has 0 radical (unpaired) electrons. The number of hydrogen-bond donors (Lipinski definition) is 1. The van der Waals surface area contributed by atoms with Gasteiger partial charge in [0.1, 0.15) is 6.04 Å². The minimum Gasteiger partial charge on any atom is -0.352 e. The van der Waals surface area contributed by atoms with Gasteiger partial charge in [0.15, 0.2) is 0 Å². The van der Waals surface area contributed by atoms with E-state index in [-0.39, 0.29) is 30.8 Å². The Hall–Kier alpha value is -2.87. The lowest BCUT2D eigenvalue weighted by atomic mass is 10.1. The second-order valence-electron chi connectivity index (χ2n) is 9.37. The Kier molecular flexibility index (Phi) is 10.3. The molecular weight excluding hydrogens is 462 g/mol. The lowest BCUT2D eigenvalue weighted by Gasteiger charge is -2.30. The molecule has 0 spiro atoms. The third kappa shape index (κ3) is 8.69. The Morgan fingerprint density at radius 1 is 0.943 bits per heavy atom. The standard InChI is InChI=1S/C27H39N3O4S/c1-20(2)28-27(32)23(5)29(18-16-24-11-8-7-9-12-24)26(31)13-10-17-30(35(6,33)34)25-15-14-21(3)22(4)19-25/h7-9,11-12,14-15,19-20,23H,10,13,16-18H2,1-6H3,(H,28,32). The van der Waals surface area contributed by atoms with Crippen LogP contribution in [0.25, 0.3) is 0 Å². The third-order valence-electron chi connectivity index (χ3n) is 6.01. The number of amides is 2. The predicted octanol–water partition coefficient (Wildman–Crippen LogP) is 3.83. The van der Waals surface area contributed by atoms with Crippen molar-refractivity contribution in [2.45, 2.75) is 66.0 Å². The number of sulfonamides is 1. The minimum atomic E-state index is -3.51. The molecule has 0 saturated heterocycles. The van der Waals surface area contributed by atoms with Crippen molar-refractivity contribution >= 4 is 27.5 Å². The summed E-state index contributed by atoms with van der Waals surface area (Å²) in [7, 11) is -3.51. The maximum atomic E-state index is 13.2. The van der Waals surface area contributed by atoms with Crippen LogP contribution in [0, 0.1) is 13.8 Å². The van der Waals surface area contributed by atoms with E-state index >= 15 is 0 Å². The van der Waals surface area contributed by atoms with E-state index in [0.29, 0.717) is 25.1 Å². The Labute approximate surface area is 210 Å². The van der Waals surface area contributed by atoms with E-state index in [4.69, 9.17) is 0 Å². The highest BCUT2D eigenvalue weighted by molar-refractivity contribution is 7.92. The minimum absolute atomic E-state index is 0.0303. The number of benzene rings is 2. The molecule has 0 fully saturated rings. The smallest absolute Gasteiger partial charge is 0.242 e. The fraction of sp³-hybridized carbons (Fsp3) is 0.481. The van der Waals surface area contributed by atoms with Crippen LogP contribution in [0.1, 0.15) is 50.3 Å². The normalized spacial score (nSPS) is 12.3. The fourth-order valence-corrected chi connectivity index (χ4v) is 4.82. The van der Waals surface area contributed by atoms with Crippen LogP contribution in [0.15, 0.2) is 48.5 Å². The van der Waals surface area contributed by atoms with Crippen LogP contribution >= 0.6 is 0 Å². The Bertz CT molecular complexity index is 1100. The Morgan fingerprint density at radius 3 is 2.17 bits per heavy atom. The highest BCUT2D eigenvalue weighted by atomic mass is 32.2. The molecule has 0 bridgehead atoms. The van der Waals surface area contributed by atoms with Gasteiger partial charge in [0.2, 0.25) is 21.8 Å². The highest BCUT2D eigenvalue weighted by Crippen LogP contribution is 2.22. The summed E-state index contributed by atoms with van der Waals surface area (Å²) in [5.41, 5.74) is 3.76. The second-order valence-corrected chi connectivity index (χ2v) is 11.3. The molecule has 2 rings (SSSR count). The summed E-state index contributed by atoms with van der Waals surface area (Å²) in [5.74, 6) is -0.366. The molecule has 0 aliphatic heterocycles. The molecule has 192 valence electrons. The largest absolute Gasteiger partial charge is 0.352 e. The van der Waals surface area contributed by atoms with Gasteiger partial charge in [-0.2, -0.15) is 0 Å². The number of anilines is 1. The van der Waals surface area contributed by atoms with Crippen LogP contribution in [-0.2, 0) is 26.0 Å². The zero-order chi connectivity index (χ0) is 26.2. The summed E-state index contributed by atoms with van der Waals surface area (Å²) in [4.78, 5) is 27.5. The van der Waals surface area contributed by atoms with Gasteiger partial charge >= 0.3 is 0 Å². The van der Waals surface area contributed by atoms with E-state index in [2.05, 4.69) is 5.32 Å². The highest BCUT2D eigenvalue weighted by Gasteiger charge is 2.26. The molecule has 2 aromatic rings. The lowest BCUT2D eigenvalue weighted by Crippen LogP contribution is -2.50. The molecule has 1 atom stereocenters. The first-order valence-electron chi connectivity index (χ1n) is 12.1. The number of carbonyl (C=O) groups excluding carboxylic acids is 2. The number of nitrogens with zero attached hydrogens (tertiary/aromatic N) is 2. The summed E-state index contributed by atoms with van der Waals surface area (Å²) in [6.45, 7) is 10.0. The maximum Gasteiger partial charge on any atom is 0.242 e. The van der Waals surface area contributed by atoms with Gasteiger partial charge < -0.3 is 10.2 Å². The van der Waals surface area contributed by atoms with Gasteiger partial charge in [-0.15, -0.1) is 0 Å². The fourth-order valence-electron chi connectivity index (χ4n) is 3.86. The van der Waals surface area contributed by atoms with Gasteiger partial charge in [0, 0.05) is 25.6 Å². The molecule has 8 heteroatoms. The van der Waals surface area contributed by atoms with E-state index in [0.717, 1.165) is 16.7 Å². The first-order valence-corrected chi connectivity index (χ1v) is 13.9. The lowest BCUT2D eigenvalue weighted by molar-refractivity contribution is -0.140. The predicted molar refractivity (Wildman–Crippen MR) is 142 cm³/mol. The molecule has 0 aliphatic rings. The van der Waals surface area contributed by atoms with Crippen LogP contribution in [0.5, 0.6) is 0 Å². The zero-order valence-corrected chi connectivity index (χ0v) is 22.6. The van der Waals surface area contributed by atoms with E-state index in [1.807, 2.05) is 70.2 Å². The van der Waals surface area contributed by atoms with E-state index in [1.54, 1.807) is 17.9 Å². The average molecular weight is 502 g/mol. The number of rotatable bonds is 12. The molecule has 2 amide bonds. The van der Waals surface area contributed by atoms with Gasteiger partial charge in [-0.05, 0) is 76.3 Å². The zero-order valence-electron chi connectivity index (χ0n) is 21.7. The van der Waals surface area contributed by atoms with Gasteiger partial charge in [-0.3, -0.25) is 13.9 Å². The first-order chi connectivity index (χ1) is 16.4. The van der Waals surface area contributed by atoms with Crippen molar-refractivity contribution in [3.05, 3.63) is 65.2 Å². The van der Waals surface area contributed by atoms with Crippen molar-refractivity contribution in [1.29, 1.82) is 0 Å². The molecule has 0 saturated carbocycles. The quantitative estimate of drug-likeness (QED) is 0.479. The van der Waals surface area contributed by atoms with E-state index < -0.39 is 16.1 Å². The van der Waals surface area contributed by atoms with E-state index in [9.17, 15) is 18.0 Å². The molecule has 2 aromatic carbocycles. The summed E-state index contributed by atoms with van der Waals surface area (Å²) < 4.78 is 26.3. The Balaban J connectivity index is 2.12. The van der Waals surface area contributed by atoms with Gasteiger partial charge in [0.25, 0.3) is 0 Å². The second kappa shape index (κ2) is 12.7. The molecule has 0 heterocycles. The van der Waals surface area contributed by atoms with Gasteiger partial charge in [-0.1, -0.05) is 36.4 Å². The van der Waals surface area contributed by atoms with Crippen LogP contribution in [0.4, 0.5) is 5.69 Å².